The summed E-state index contributed by atoms with van der Waals surface area (Å²) in [5.74, 6) is -0.0820. The Hall–Kier alpha value is -2.04. The van der Waals surface area contributed by atoms with Crippen LogP contribution in [0, 0.1) is 0 Å². The van der Waals surface area contributed by atoms with Gasteiger partial charge in [0.1, 0.15) is 11.3 Å². The van der Waals surface area contributed by atoms with Crippen LogP contribution in [0.3, 0.4) is 0 Å². The fourth-order valence-corrected chi connectivity index (χ4v) is 2.02. The highest BCUT2D eigenvalue weighted by atomic mass is 16.5. The lowest BCUT2D eigenvalue weighted by Gasteiger charge is -2.24. The summed E-state index contributed by atoms with van der Waals surface area (Å²) in [6.07, 6.45) is -0.0828. The molecule has 5 heteroatoms. The largest absolute Gasteiger partial charge is 0.480 e. The Bertz CT molecular complexity index is 485. The molecule has 102 valence electrons. The zero-order valence-corrected chi connectivity index (χ0v) is 11.2. The number of ether oxygens (including phenoxy) is 2. The van der Waals surface area contributed by atoms with Crippen LogP contribution in [0.2, 0.25) is 0 Å². The second-order valence-electron chi connectivity index (χ2n) is 5.02. The first kappa shape index (κ1) is 13.4. The molecule has 1 N–H and O–H groups in total. The number of carbonyl (C=O) groups excluding carboxylic acids is 2. The summed E-state index contributed by atoms with van der Waals surface area (Å²) in [6, 6.07) is 7.51. The van der Waals surface area contributed by atoms with Crippen molar-refractivity contribution in [2.24, 2.45) is 0 Å². The summed E-state index contributed by atoms with van der Waals surface area (Å²) in [5.41, 5.74) is -0.0669. The maximum atomic E-state index is 12.1. The standard InChI is InChI=1S/C14H17NO4/c1-14(2,13(17)18-3)15-12(16)11-8-9-6-4-5-7-10(9)19-11/h4-7,11H,8H2,1-3H3,(H,15,16)/t11-/m0/s1. The van der Waals surface area contributed by atoms with E-state index in [1.165, 1.54) is 7.11 Å². The summed E-state index contributed by atoms with van der Waals surface area (Å²) in [4.78, 5) is 23.6. The molecule has 19 heavy (non-hydrogen) atoms. The van der Waals surface area contributed by atoms with Crippen LogP contribution >= 0.6 is 0 Å². The highest BCUT2D eigenvalue weighted by Gasteiger charge is 2.36. The highest BCUT2D eigenvalue weighted by molar-refractivity contribution is 5.90. The van der Waals surface area contributed by atoms with Gasteiger partial charge in [-0.15, -0.1) is 0 Å². The van der Waals surface area contributed by atoms with E-state index in [1.807, 2.05) is 24.3 Å². The zero-order chi connectivity index (χ0) is 14.0. The smallest absolute Gasteiger partial charge is 0.330 e. The summed E-state index contributed by atoms with van der Waals surface area (Å²) in [6.45, 7) is 3.19. The van der Waals surface area contributed by atoms with Gasteiger partial charge in [-0.25, -0.2) is 4.79 Å². The molecule has 5 nitrogen and oxygen atoms in total. The van der Waals surface area contributed by atoms with Crippen molar-refractivity contribution in [2.45, 2.75) is 31.9 Å². The van der Waals surface area contributed by atoms with Crippen molar-refractivity contribution in [1.29, 1.82) is 0 Å². The number of esters is 1. The minimum Gasteiger partial charge on any atom is -0.480 e. The maximum Gasteiger partial charge on any atom is 0.330 e. The van der Waals surface area contributed by atoms with Crippen LogP contribution in [0.25, 0.3) is 0 Å². The van der Waals surface area contributed by atoms with E-state index in [1.54, 1.807) is 13.8 Å². The van der Waals surface area contributed by atoms with Crippen LogP contribution in [-0.4, -0.2) is 30.6 Å². The van der Waals surface area contributed by atoms with E-state index in [0.717, 1.165) is 11.3 Å². The van der Waals surface area contributed by atoms with Gasteiger partial charge in [-0.3, -0.25) is 4.79 Å². The Morgan fingerprint density at radius 1 is 1.37 bits per heavy atom. The number of amides is 1. The average molecular weight is 263 g/mol. The van der Waals surface area contributed by atoms with Crippen molar-refractivity contribution in [1.82, 2.24) is 5.32 Å². The minimum atomic E-state index is -1.07. The third kappa shape index (κ3) is 2.70. The third-order valence-electron chi connectivity index (χ3n) is 3.07. The quantitative estimate of drug-likeness (QED) is 0.828. The van der Waals surface area contributed by atoms with Crippen molar-refractivity contribution >= 4 is 11.9 Å². The molecule has 0 unspecified atom stereocenters. The van der Waals surface area contributed by atoms with Gasteiger partial charge in [0.2, 0.25) is 0 Å². The van der Waals surface area contributed by atoms with Crippen molar-refractivity contribution in [3.63, 3.8) is 0 Å². The zero-order valence-electron chi connectivity index (χ0n) is 11.2. The molecule has 1 aliphatic heterocycles. The molecule has 0 saturated carbocycles. The van der Waals surface area contributed by atoms with Crippen LogP contribution in [0.4, 0.5) is 0 Å². The molecular formula is C14H17NO4. The summed E-state index contributed by atoms with van der Waals surface area (Å²) >= 11 is 0. The number of carbonyl (C=O) groups is 2. The average Bonchev–Trinajstić information content (AvgIpc) is 2.81. The van der Waals surface area contributed by atoms with Crippen LogP contribution in [0.5, 0.6) is 5.75 Å². The third-order valence-corrected chi connectivity index (χ3v) is 3.07. The number of hydrogen-bond acceptors (Lipinski definition) is 4. The topological polar surface area (TPSA) is 64.6 Å². The second-order valence-corrected chi connectivity index (χ2v) is 5.02. The number of rotatable bonds is 3. The molecule has 1 heterocycles. The van der Waals surface area contributed by atoms with Gasteiger partial charge >= 0.3 is 5.97 Å². The summed E-state index contributed by atoms with van der Waals surface area (Å²) in [7, 11) is 1.29. The Morgan fingerprint density at radius 3 is 2.68 bits per heavy atom. The fraction of sp³-hybridized carbons (Fsp3) is 0.429. The number of fused-ring (bicyclic) bond motifs is 1. The van der Waals surface area contributed by atoms with E-state index in [2.05, 4.69) is 10.1 Å². The normalized spacial score (nSPS) is 17.3. The van der Waals surface area contributed by atoms with E-state index >= 15 is 0 Å². The van der Waals surface area contributed by atoms with Crippen molar-refractivity contribution in [2.75, 3.05) is 7.11 Å². The Labute approximate surface area is 111 Å². The number of benzene rings is 1. The molecule has 1 atom stereocenters. The molecule has 0 spiro atoms. The van der Waals surface area contributed by atoms with E-state index in [4.69, 9.17) is 4.74 Å². The first-order valence-electron chi connectivity index (χ1n) is 6.09. The lowest BCUT2D eigenvalue weighted by molar-refractivity contribution is -0.150. The van der Waals surface area contributed by atoms with Gasteiger partial charge in [0.15, 0.2) is 6.10 Å². The van der Waals surface area contributed by atoms with Gasteiger partial charge in [-0.1, -0.05) is 18.2 Å². The molecule has 1 aromatic rings. The number of nitrogens with one attached hydrogen (secondary N) is 1. The van der Waals surface area contributed by atoms with E-state index in [0.29, 0.717) is 6.42 Å². The molecule has 1 aromatic carbocycles. The molecule has 0 aliphatic carbocycles. The molecule has 0 bridgehead atoms. The van der Waals surface area contributed by atoms with Gasteiger partial charge < -0.3 is 14.8 Å². The maximum absolute atomic E-state index is 12.1. The van der Waals surface area contributed by atoms with Crippen LogP contribution < -0.4 is 10.1 Å². The molecule has 0 radical (unpaired) electrons. The first-order chi connectivity index (χ1) is 8.94. The van der Waals surface area contributed by atoms with Crippen molar-refractivity contribution in [3.8, 4) is 5.75 Å². The van der Waals surface area contributed by atoms with E-state index in [9.17, 15) is 9.59 Å². The molecule has 2 rings (SSSR count). The molecule has 0 fully saturated rings. The Morgan fingerprint density at radius 2 is 2.05 bits per heavy atom. The highest BCUT2D eigenvalue weighted by Crippen LogP contribution is 2.28. The predicted molar refractivity (Wildman–Crippen MR) is 68.8 cm³/mol. The SMILES string of the molecule is COC(=O)C(C)(C)NC(=O)[C@@H]1Cc2ccccc2O1. The van der Waals surface area contributed by atoms with Crippen LogP contribution in [-0.2, 0) is 20.7 Å². The lowest BCUT2D eigenvalue weighted by atomic mass is 10.0. The van der Waals surface area contributed by atoms with Crippen LogP contribution in [0.15, 0.2) is 24.3 Å². The van der Waals surface area contributed by atoms with Crippen molar-refractivity contribution in [3.05, 3.63) is 29.8 Å². The Kier molecular flexibility index (Phi) is 3.46. The number of para-hydroxylation sites is 1. The van der Waals surface area contributed by atoms with Gasteiger partial charge in [0.25, 0.3) is 5.91 Å². The lowest BCUT2D eigenvalue weighted by Crippen LogP contribution is -2.54. The van der Waals surface area contributed by atoms with Gasteiger partial charge in [0.05, 0.1) is 7.11 Å². The second kappa shape index (κ2) is 4.91. The molecule has 0 aromatic heterocycles. The minimum absolute atomic E-state index is 0.313. The van der Waals surface area contributed by atoms with Gasteiger partial charge in [-0.2, -0.15) is 0 Å². The van der Waals surface area contributed by atoms with Gasteiger partial charge in [-0.05, 0) is 25.5 Å². The molecular weight excluding hydrogens is 246 g/mol. The van der Waals surface area contributed by atoms with Crippen LogP contribution in [0.1, 0.15) is 19.4 Å². The van der Waals surface area contributed by atoms with E-state index < -0.39 is 17.6 Å². The summed E-state index contributed by atoms with van der Waals surface area (Å²) in [5, 5.41) is 2.65. The number of hydrogen-bond donors (Lipinski definition) is 1. The molecule has 0 saturated heterocycles. The fourth-order valence-electron chi connectivity index (χ4n) is 2.02. The van der Waals surface area contributed by atoms with E-state index in [-0.39, 0.29) is 5.91 Å². The van der Waals surface area contributed by atoms with Gasteiger partial charge in [0, 0.05) is 6.42 Å². The Balaban J connectivity index is 2.02. The predicted octanol–water partition coefficient (Wildman–Crippen LogP) is 1.06. The molecule has 1 amide bonds. The molecule has 1 aliphatic rings. The van der Waals surface area contributed by atoms with Crippen molar-refractivity contribution < 1.29 is 19.1 Å². The first-order valence-corrected chi connectivity index (χ1v) is 6.09. The summed E-state index contributed by atoms with van der Waals surface area (Å²) < 4.78 is 10.2. The monoisotopic (exact) mass is 263 g/mol. The number of methoxy groups -OCH3 is 1.